The van der Waals surface area contributed by atoms with Crippen molar-refractivity contribution in [3.05, 3.63) is 47.4 Å². The van der Waals surface area contributed by atoms with E-state index < -0.39 is 0 Å². The number of anilines is 1. The van der Waals surface area contributed by atoms with Crippen LogP contribution < -0.4 is 4.90 Å². The summed E-state index contributed by atoms with van der Waals surface area (Å²) in [5.74, 6) is 0.769. The Hall–Kier alpha value is -1.85. The number of nitrogens with zero attached hydrogens (tertiary/aromatic N) is 4. The van der Waals surface area contributed by atoms with Crippen LogP contribution in [0, 0.1) is 5.41 Å². The van der Waals surface area contributed by atoms with Crippen molar-refractivity contribution >= 4 is 23.0 Å². The van der Waals surface area contributed by atoms with E-state index in [0.717, 1.165) is 67.4 Å². The fourth-order valence-electron chi connectivity index (χ4n) is 3.82. The zero-order valence-corrected chi connectivity index (χ0v) is 14.6. The van der Waals surface area contributed by atoms with E-state index in [2.05, 4.69) is 28.3 Å². The Bertz CT molecular complexity index is 743. The average molecular weight is 345 g/mol. The van der Waals surface area contributed by atoms with Gasteiger partial charge < -0.3 is 14.5 Å². The van der Waals surface area contributed by atoms with Crippen molar-refractivity contribution < 1.29 is 4.74 Å². The van der Waals surface area contributed by atoms with Crippen LogP contribution in [0.3, 0.4) is 0 Å². The van der Waals surface area contributed by atoms with Crippen LogP contribution in [0.4, 0.5) is 5.82 Å². The van der Waals surface area contributed by atoms with E-state index in [0.29, 0.717) is 10.6 Å². The van der Waals surface area contributed by atoms with Gasteiger partial charge >= 0.3 is 0 Å². The Kier molecular flexibility index (Phi) is 3.66. The fraction of sp³-hybridized carbons (Fsp3) is 0.444. The van der Waals surface area contributed by atoms with E-state index in [1.54, 1.807) is 0 Å². The van der Waals surface area contributed by atoms with E-state index in [4.69, 9.17) is 16.3 Å². The molecule has 2 fully saturated rings. The Morgan fingerprint density at radius 3 is 2.71 bits per heavy atom. The molecule has 0 amide bonds. The Labute approximate surface area is 147 Å². The SMILES string of the molecule is C=C1C(C(=C)N2CC3(CCOCC3)C2)=CN(C)c2nnc(Cl)cc21. The van der Waals surface area contributed by atoms with Crippen molar-refractivity contribution in [2.45, 2.75) is 12.8 Å². The molecule has 0 radical (unpaired) electrons. The van der Waals surface area contributed by atoms with Crippen molar-refractivity contribution in [1.82, 2.24) is 15.1 Å². The average Bonchev–Trinajstić information content (AvgIpc) is 2.56. The van der Waals surface area contributed by atoms with Gasteiger partial charge in [0, 0.05) is 61.8 Å². The Balaban J connectivity index is 1.54. The Morgan fingerprint density at radius 2 is 2.00 bits per heavy atom. The highest BCUT2D eigenvalue weighted by Gasteiger charge is 2.45. The quantitative estimate of drug-likeness (QED) is 0.824. The lowest BCUT2D eigenvalue weighted by Crippen LogP contribution is -2.57. The second-order valence-electron chi connectivity index (χ2n) is 6.95. The summed E-state index contributed by atoms with van der Waals surface area (Å²) < 4.78 is 5.50. The minimum atomic E-state index is 0.375. The second-order valence-corrected chi connectivity index (χ2v) is 7.34. The number of allylic oxidation sites excluding steroid dienone is 1. The molecular weight excluding hydrogens is 324 g/mol. The maximum absolute atomic E-state index is 6.02. The highest BCUT2D eigenvalue weighted by atomic mass is 35.5. The molecule has 1 aromatic rings. The third-order valence-electron chi connectivity index (χ3n) is 5.35. The van der Waals surface area contributed by atoms with Crippen LogP contribution in [-0.4, -0.2) is 48.4 Å². The highest BCUT2D eigenvalue weighted by molar-refractivity contribution is 6.29. The zero-order valence-electron chi connectivity index (χ0n) is 13.9. The first-order valence-corrected chi connectivity index (χ1v) is 8.56. The van der Waals surface area contributed by atoms with E-state index in [9.17, 15) is 0 Å². The summed E-state index contributed by atoms with van der Waals surface area (Å²) in [5, 5.41) is 8.47. The summed E-state index contributed by atoms with van der Waals surface area (Å²) in [6, 6.07) is 1.82. The number of aromatic nitrogens is 2. The summed E-state index contributed by atoms with van der Waals surface area (Å²) in [5.41, 5.74) is 4.28. The lowest BCUT2D eigenvalue weighted by molar-refractivity contribution is -0.0650. The lowest BCUT2D eigenvalue weighted by Gasteiger charge is -2.54. The number of ether oxygens (including phenoxy) is 1. The van der Waals surface area contributed by atoms with Gasteiger partial charge in [-0.2, -0.15) is 0 Å². The summed E-state index contributed by atoms with van der Waals surface area (Å²) >= 11 is 6.02. The van der Waals surface area contributed by atoms with Gasteiger partial charge in [0.25, 0.3) is 0 Å². The number of fused-ring (bicyclic) bond motifs is 1. The van der Waals surface area contributed by atoms with Gasteiger partial charge in [0.1, 0.15) is 0 Å². The van der Waals surface area contributed by atoms with Gasteiger partial charge in [-0.1, -0.05) is 24.8 Å². The maximum Gasteiger partial charge on any atom is 0.163 e. The third-order valence-corrected chi connectivity index (χ3v) is 5.53. The number of halogens is 1. The van der Waals surface area contributed by atoms with Crippen LogP contribution in [0.15, 0.2) is 36.7 Å². The van der Waals surface area contributed by atoms with E-state index in [-0.39, 0.29) is 0 Å². The van der Waals surface area contributed by atoms with Crippen molar-refractivity contribution in [2.75, 3.05) is 38.3 Å². The summed E-state index contributed by atoms with van der Waals surface area (Å²) in [6.07, 6.45) is 4.32. The van der Waals surface area contributed by atoms with Crippen LogP contribution in [-0.2, 0) is 4.74 Å². The monoisotopic (exact) mass is 344 g/mol. The molecule has 3 aliphatic rings. The summed E-state index contributed by atoms with van der Waals surface area (Å²) in [6.45, 7) is 12.4. The van der Waals surface area contributed by atoms with Crippen LogP contribution >= 0.6 is 11.6 Å². The van der Waals surface area contributed by atoms with Crippen molar-refractivity contribution in [2.24, 2.45) is 5.41 Å². The van der Waals surface area contributed by atoms with Gasteiger partial charge in [0.05, 0.1) is 0 Å². The van der Waals surface area contributed by atoms with E-state index in [1.165, 1.54) is 0 Å². The molecule has 0 aromatic carbocycles. The molecule has 126 valence electrons. The van der Waals surface area contributed by atoms with Gasteiger partial charge in [-0.15, -0.1) is 10.2 Å². The number of likely N-dealkylation sites (tertiary alicyclic amines) is 1. The van der Waals surface area contributed by atoms with Crippen LogP contribution in [0.2, 0.25) is 5.15 Å². The molecule has 6 heteroatoms. The minimum absolute atomic E-state index is 0.375. The highest BCUT2D eigenvalue weighted by Crippen LogP contribution is 2.45. The van der Waals surface area contributed by atoms with Gasteiger partial charge in [-0.05, 0) is 24.5 Å². The molecule has 1 spiro atoms. The number of hydrogen-bond donors (Lipinski definition) is 0. The largest absolute Gasteiger partial charge is 0.381 e. The van der Waals surface area contributed by atoms with Crippen LogP contribution in [0.1, 0.15) is 18.4 Å². The normalized spacial score (nSPS) is 22.1. The van der Waals surface area contributed by atoms with Crippen LogP contribution in [0.25, 0.3) is 5.57 Å². The zero-order chi connectivity index (χ0) is 16.9. The van der Waals surface area contributed by atoms with E-state index in [1.807, 2.05) is 24.2 Å². The molecule has 4 rings (SSSR count). The molecule has 4 heterocycles. The van der Waals surface area contributed by atoms with Gasteiger partial charge in [0.2, 0.25) is 0 Å². The van der Waals surface area contributed by atoms with Gasteiger partial charge in [-0.25, -0.2) is 0 Å². The van der Waals surface area contributed by atoms with Gasteiger partial charge in [0.15, 0.2) is 11.0 Å². The molecule has 5 nitrogen and oxygen atoms in total. The summed E-state index contributed by atoms with van der Waals surface area (Å²) in [7, 11) is 1.96. The topological polar surface area (TPSA) is 41.5 Å². The molecule has 24 heavy (non-hydrogen) atoms. The van der Waals surface area contributed by atoms with Crippen molar-refractivity contribution in [1.29, 1.82) is 0 Å². The van der Waals surface area contributed by atoms with Crippen molar-refractivity contribution in [3.63, 3.8) is 0 Å². The molecule has 0 aliphatic carbocycles. The first-order valence-electron chi connectivity index (χ1n) is 8.19. The Morgan fingerprint density at radius 1 is 1.29 bits per heavy atom. The van der Waals surface area contributed by atoms with Crippen molar-refractivity contribution in [3.8, 4) is 0 Å². The molecule has 0 unspecified atom stereocenters. The molecule has 2 saturated heterocycles. The van der Waals surface area contributed by atoms with E-state index >= 15 is 0 Å². The molecule has 0 saturated carbocycles. The first-order chi connectivity index (χ1) is 11.5. The lowest BCUT2D eigenvalue weighted by atomic mass is 9.72. The summed E-state index contributed by atoms with van der Waals surface area (Å²) in [4.78, 5) is 4.30. The second kappa shape index (κ2) is 5.60. The molecule has 0 bridgehead atoms. The molecule has 0 N–H and O–H groups in total. The first kappa shape index (κ1) is 15.7. The predicted molar refractivity (Wildman–Crippen MR) is 95.8 cm³/mol. The maximum atomic E-state index is 6.02. The molecule has 0 atom stereocenters. The standard InChI is InChI=1S/C18H21ClN4O/c1-12-14-8-16(19)20-21-17(14)22(3)9-15(12)13(2)23-10-18(11-23)4-6-24-7-5-18/h8-9H,1-2,4-7,10-11H2,3H3. The fourth-order valence-corrected chi connectivity index (χ4v) is 3.96. The van der Waals surface area contributed by atoms with Crippen LogP contribution in [0.5, 0.6) is 0 Å². The number of hydrogen-bond acceptors (Lipinski definition) is 5. The minimum Gasteiger partial charge on any atom is -0.381 e. The molecule has 1 aromatic heterocycles. The predicted octanol–water partition coefficient (Wildman–Crippen LogP) is 3.10. The smallest absolute Gasteiger partial charge is 0.163 e. The molecular formula is C18H21ClN4O. The van der Waals surface area contributed by atoms with Gasteiger partial charge in [-0.3, -0.25) is 0 Å². The molecule has 3 aliphatic heterocycles. The number of rotatable bonds is 2. The third kappa shape index (κ3) is 2.43.